The molecule has 1 aromatic heterocycles. The molecule has 0 aliphatic heterocycles. The van der Waals surface area contributed by atoms with Gasteiger partial charge in [0.1, 0.15) is 5.69 Å². The summed E-state index contributed by atoms with van der Waals surface area (Å²) in [6, 6.07) is 8.58. The fourth-order valence-electron chi connectivity index (χ4n) is 1.66. The number of nitrogens with one attached hydrogen (secondary N) is 1. The molecule has 1 heterocycles. The van der Waals surface area contributed by atoms with Crippen molar-refractivity contribution in [3.8, 4) is 0 Å². The number of nitro groups is 2. The lowest BCUT2D eigenvalue weighted by molar-refractivity contribution is -0.393. The van der Waals surface area contributed by atoms with Crippen LogP contribution in [0.4, 0.5) is 17.1 Å². The number of anilines is 1. The maximum atomic E-state index is 11.0. The zero-order valence-corrected chi connectivity index (χ0v) is 11.5. The maximum absolute atomic E-state index is 11.0. The van der Waals surface area contributed by atoms with Gasteiger partial charge in [0, 0.05) is 12.3 Å². The van der Waals surface area contributed by atoms with E-state index in [-0.39, 0.29) is 11.4 Å². The van der Waals surface area contributed by atoms with Gasteiger partial charge in [0.15, 0.2) is 0 Å². The summed E-state index contributed by atoms with van der Waals surface area (Å²) in [5.41, 5.74) is 2.95. The minimum Gasteiger partial charge on any atom is -0.271 e. The fraction of sp³-hybridized carbons (Fsp3) is 0.0769. The van der Waals surface area contributed by atoms with E-state index < -0.39 is 15.5 Å². The summed E-state index contributed by atoms with van der Waals surface area (Å²) in [6.07, 6.45) is 1.60. The number of nitro benzene ring substituents is 2. The summed E-state index contributed by atoms with van der Waals surface area (Å²) < 4.78 is 0. The van der Waals surface area contributed by atoms with Gasteiger partial charge in [0.25, 0.3) is 5.69 Å². The number of aromatic nitrogens is 1. The minimum atomic E-state index is -0.707. The molecule has 0 spiro atoms. The van der Waals surface area contributed by atoms with Gasteiger partial charge in [0.2, 0.25) is 0 Å². The van der Waals surface area contributed by atoms with Crippen LogP contribution < -0.4 is 5.43 Å². The molecule has 22 heavy (non-hydrogen) atoms. The Hall–Kier alpha value is -3.36. The van der Waals surface area contributed by atoms with E-state index in [4.69, 9.17) is 0 Å². The molecule has 0 unspecified atom stereocenters. The van der Waals surface area contributed by atoms with Gasteiger partial charge in [0.05, 0.1) is 27.3 Å². The lowest BCUT2D eigenvalue weighted by Crippen LogP contribution is -2.03. The molecule has 112 valence electrons. The number of nitrogens with zero attached hydrogens (tertiary/aromatic N) is 4. The monoisotopic (exact) mass is 301 g/mol. The molecule has 0 aliphatic rings. The second-order valence-electron chi connectivity index (χ2n) is 4.24. The highest BCUT2D eigenvalue weighted by molar-refractivity contribution is 5.97. The van der Waals surface area contributed by atoms with Crippen molar-refractivity contribution in [2.75, 3.05) is 5.43 Å². The third kappa shape index (κ3) is 3.39. The largest absolute Gasteiger partial charge is 0.301 e. The molecule has 1 N–H and O–H groups in total. The van der Waals surface area contributed by atoms with Crippen LogP contribution >= 0.6 is 0 Å². The van der Waals surface area contributed by atoms with Gasteiger partial charge in [-0.15, -0.1) is 0 Å². The first-order valence-electron chi connectivity index (χ1n) is 6.13. The SMILES string of the molecule is CC(=NNc1ccc([N+](=O)[O-])cc1[N+](=O)[O-])c1ccccn1. The fourth-order valence-corrected chi connectivity index (χ4v) is 1.66. The van der Waals surface area contributed by atoms with Gasteiger partial charge in [-0.2, -0.15) is 5.10 Å². The molecule has 2 rings (SSSR count). The summed E-state index contributed by atoms with van der Waals surface area (Å²) in [5, 5.41) is 25.7. The molecule has 9 nitrogen and oxygen atoms in total. The van der Waals surface area contributed by atoms with Gasteiger partial charge in [-0.3, -0.25) is 30.6 Å². The van der Waals surface area contributed by atoms with Crippen LogP contribution in [-0.2, 0) is 0 Å². The molecule has 0 amide bonds. The third-order valence-corrected chi connectivity index (χ3v) is 2.77. The molecule has 1 aromatic carbocycles. The molecule has 0 saturated heterocycles. The van der Waals surface area contributed by atoms with Crippen molar-refractivity contribution in [3.05, 3.63) is 68.5 Å². The lowest BCUT2D eigenvalue weighted by atomic mass is 10.2. The number of hydrazone groups is 1. The first-order valence-corrected chi connectivity index (χ1v) is 6.13. The minimum absolute atomic E-state index is 0.0610. The Morgan fingerprint density at radius 1 is 1.18 bits per heavy atom. The van der Waals surface area contributed by atoms with E-state index in [1.54, 1.807) is 31.3 Å². The lowest BCUT2D eigenvalue weighted by Gasteiger charge is -2.04. The molecule has 0 fully saturated rings. The number of hydrogen-bond donors (Lipinski definition) is 1. The van der Waals surface area contributed by atoms with Crippen molar-refractivity contribution >= 4 is 22.8 Å². The molecule has 9 heteroatoms. The van der Waals surface area contributed by atoms with Crippen molar-refractivity contribution in [2.45, 2.75) is 6.92 Å². The number of hydrogen-bond acceptors (Lipinski definition) is 7. The number of rotatable bonds is 5. The van der Waals surface area contributed by atoms with Crippen molar-refractivity contribution in [1.82, 2.24) is 4.98 Å². The normalized spacial score (nSPS) is 11.0. The van der Waals surface area contributed by atoms with E-state index in [9.17, 15) is 20.2 Å². The molecular formula is C13H11N5O4. The van der Waals surface area contributed by atoms with E-state index in [2.05, 4.69) is 15.5 Å². The van der Waals surface area contributed by atoms with Gasteiger partial charge < -0.3 is 0 Å². The first-order chi connectivity index (χ1) is 10.5. The van der Waals surface area contributed by atoms with Crippen LogP contribution in [0, 0.1) is 20.2 Å². The molecule has 0 atom stereocenters. The van der Waals surface area contributed by atoms with Crippen LogP contribution in [0.15, 0.2) is 47.7 Å². The molecule has 0 aliphatic carbocycles. The highest BCUT2D eigenvalue weighted by atomic mass is 16.6. The highest BCUT2D eigenvalue weighted by Gasteiger charge is 2.19. The van der Waals surface area contributed by atoms with Crippen LogP contribution in [0.3, 0.4) is 0 Å². The molecule has 0 radical (unpaired) electrons. The Balaban J connectivity index is 2.30. The molecule has 2 aromatic rings. The Bertz CT molecular complexity index is 745. The van der Waals surface area contributed by atoms with Crippen molar-refractivity contribution in [3.63, 3.8) is 0 Å². The second kappa shape index (κ2) is 6.39. The van der Waals surface area contributed by atoms with Crippen LogP contribution in [0.25, 0.3) is 0 Å². The van der Waals surface area contributed by atoms with Crippen molar-refractivity contribution in [1.29, 1.82) is 0 Å². The van der Waals surface area contributed by atoms with Crippen LogP contribution in [0.5, 0.6) is 0 Å². The van der Waals surface area contributed by atoms with Crippen molar-refractivity contribution < 1.29 is 9.85 Å². The maximum Gasteiger partial charge on any atom is 0.301 e. The van der Waals surface area contributed by atoms with Gasteiger partial charge >= 0.3 is 5.69 Å². The standard InChI is InChI=1S/C13H11N5O4/c1-9(11-4-2-3-7-14-11)15-16-12-6-5-10(17(19)20)8-13(12)18(21)22/h2-8,16H,1H3. The summed E-state index contributed by atoms with van der Waals surface area (Å²) >= 11 is 0. The topological polar surface area (TPSA) is 124 Å². The van der Waals surface area contributed by atoms with Gasteiger partial charge in [-0.05, 0) is 25.1 Å². The Labute approximate surface area is 124 Å². The molecule has 0 bridgehead atoms. The van der Waals surface area contributed by atoms with Crippen LogP contribution in [0.1, 0.15) is 12.6 Å². The quantitative estimate of drug-likeness (QED) is 0.514. The van der Waals surface area contributed by atoms with Gasteiger partial charge in [-0.1, -0.05) is 6.07 Å². The highest BCUT2D eigenvalue weighted by Crippen LogP contribution is 2.28. The summed E-state index contributed by atoms with van der Waals surface area (Å²) in [6.45, 7) is 1.69. The summed E-state index contributed by atoms with van der Waals surface area (Å²) in [5.74, 6) is 0. The summed E-state index contributed by atoms with van der Waals surface area (Å²) in [7, 11) is 0. The Kier molecular flexibility index (Phi) is 4.37. The van der Waals surface area contributed by atoms with Crippen molar-refractivity contribution in [2.24, 2.45) is 5.10 Å². The molecule has 0 saturated carbocycles. The Morgan fingerprint density at radius 2 is 1.95 bits per heavy atom. The number of benzene rings is 1. The number of non-ortho nitro benzene ring substituents is 1. The van der Waals surface area contributed by atoms with Gasteiger partial charge in [-0.25, -0.2) is 0 Å². The predicted molar refractivity (Wildman–Crippen MR) is 79.8 cm³/mol. The zero-order chi connectivity index (χ0) is 16.1. The average Bonchev–Trinajstić information content (AvgIpc) is 2.53. The third-order valence-electron chi connectivity index (χ3n) is 2.77. The zero-order valence-electron chi connectivity index (χ0n) is 11.5. The smallest absolute Gasteiger partial charge is 0.271 e. The van der Waals surface area contributed by atoms with Crippen LogP contribution in [0.2, 0.25) is 0 Å². The summed E-state index contributed by atoms with van der Waals surface area (Å²) in [4.78, 5) is 24.3. The van der Waals surface area contributed by atoms with E-state index in [0.717, 1.165) is 6.07 Å². The number of pyridine rings is 1. The van der Waals surface area contributed by atoms with E-state index in [0.29, 0.717) is 11.4 Å². The Morgan fingerprint density at radius 3 is 2.55 bits per heavy atom. The van der Waals surface area contributed by atoms with E-state index >= 15 is 0 Å². The van der Waals surface area contributed by atoms with E-state index in [1.807, 2.05) is 0 Å². The van der Waals surface area contributed by atoms with E-state index in [1.165, 1.54) is 12.1 Å². The average molecular weight is 301 g/mol. The first kappa shape index (κ1) is 15.0. The van der Waals surface area contributed by atoms with Crippen LogP contribution in [-0.4, -0.2) is 20.5 Å². The predicted octanol–water partition coefficient (Wildman–Crippen LogP) is 2.73. The second-order valence-corrected chi connectivity index (χ2v) is 4.24. The molecular weight excluding hydrogens is 290 g/mol.